The first-order valence-electron chi connectivity index (χ1n) is 8.74. The third-order valence-corrected chi connectivity index (χ3v) is 4.18. The number of anilines is 1. The molecule has 0 bridgehead atoms. The third-order valence-electron chi connectivity index (χ3n) is 4.18. The lowest BCUT2D eigenvalue weighted by molar-refractivity contribution is -0.121. The number of carbonyl (C=O) groups is 2. The standard InChI is InChI=1S/C21H26N2O3/c1-16-4-8-19(9-5-16)23(17(2)24)15-13-21(25)22-14-12-18-6-10-20(26-3)11-7-18/h4-11H,12-15H2,1-3H3,(H,22,25). The second kappa shape index (κ2) is 9.61. The summed E-state index contributed by atoms with van der Waals surface area (Å²) in [6.07, 6.45) is 1.03. The molecular formula is C21H26N2O3. The van der Waals surface area contributed by atoms with Gasteiger partial charge >= 0.3 is 0 Å². The summed E-state index contributed by atoms with van der Waals surface area (Å²) >= 11 is 0. The molecule has 0 unspecified atom stereocenters. The Morgan fingerprint density at radius 1 is 1.04 bits per heavy atom. The first-order chi connectivity index (χ1) is 12.5. The van der Waals surface area contributed by atoms with Gasteiger partial charge in [-0.25, -0.2) is 0 Å². The van der Waals surface area contributed by atoms with Gasteiger partial charge in [0.15, 0.2) is 0 Å². The fraction of sp³-hybridized carbons (Fsp3) is 0.333. The molecule has 2 rings (SSSR count). The lowest BCUT2D eigenvalue weighted by atomic mass is 10.1. The van der Waals surface area contributed by atoms with Gasteiger partial charge in [0.1, 0.15) is 5.75 Å². The number of aryl methyl sites for hydroxylation is 1. The second-order valence-corrected chi connectivity index (χ2v) is 6.20. The van der Waals surface area contributed by atoms with Crippen LogP contribution in [0.2, 0.25) is 0 Å². The molecule has 0 fully saturated rings. The highest BCUT2D eigenvalue weighted by Crippen LogP contribution is 2.16. The number of nitrogens with zero attached hydrogens (tertiary/aromatic N) is 1. The average Bonchev–Trinajstić information content (AvgIpc) is 2.63. The van der Waals surface area contributed by atoms with Gasteiger partial charge in [-0.1, -0.05) is 29.8 Å². The molecule has 0 saturated heterocycles. The van der Waals surface area contributed by atoms with Gasteiger partial charge in [-0.05, 0) is 43.2 Å². The summed E-state index contributed by atoms with van der Waals surface area (Å²) in [7, 11) is 1.64. The van der Waals surface area contributed by atoms with Crippen LogP contribution in [0.3, 0.4) is 0 Å². The lowest BCUT2D eigenvalue weighted by Gasteiger charge is -2.21. The van der Waals surface area contributed by atoms with Crippen LogP contribution in [0.4, 0.5) is 5.69 Å². The Morgan fingerprint density at radius 3 is 2.27 bits per heavy atom. The SMILES string of the molecule is COc1ccc(CCNC(=O)CCN(C(C)=O)c2ccc(C)cc2)cc1. The first-order valence-corrected chi connectivity index (χ1v) is 8.74. The monoisotopic (exact) mass is 354 g/mol. The van der Waals surface area contributed by atoms with Crippen molar-refractivity contribution in [3.8, 4) is 5.75 Å². The van der Waals surface area contributed by atoms with Crippen molar-refractivity contribution in [3.05, 3.63) is 59.7 Å². The zero-order chi connectivity index (χ0) is 18.9. The number of benzene rings is 2. The number of amides is 2. The number of carbonyl (C=O) groups excluding carboxylic acids is 2. The molecule has 0 atom stereocenters. The Kier molecular flexibility index (Phi) is 7.21. The average molecular weight is 354 g/mol. The van der Waals surface area contributed by atoms with E-state index in [2.05, 4.69) is 5.32 Å². The molecule has 0 aromatic heterocycles. The lowest BCUT2D eigenvalue weighted by Crippen LogP contribution is -2.34. The molecule has 0 saturated carbocycles. The molecule has 5 nitrogen and oxygen atoms in total. The summed E-state index contributed by atoms with van der Waals surface area (Å²) in [5.41, 5.74) is 3.08. The third kappa shape index (κ3) is 5.92. The van der Waals surface area contributed by atoms with Crippen molar-refractivity contribution in [2.75, 3.05) is 25.1 Å². The van der Waals surface area contributed by atoms with E-state index in [0.29, 0.717) is 13.1 Å². The Hall–Kier alpha value is -2.82. The highest BCUT2D eigenvalue weighted by Gasteiger charge is 2.13. The highest BCUT2D eigenvalue weighted by molar-refractivity contribution is 5.92. The molecule has 2 aromatic carbocycles. The molecule has 0 radical (unpaired) electrons. The number of ether oxygens (including phenoxy) is 1. The van der Waals surface area contributed by atoms with Crippen LogP contribution in [0, 0.1) is 6.92 Å². The van der Waals surface area contributed by atoms with Crippen molar-refractivity contribution >= 4 is 17.5 Å². The van der Waals surface area contributed by atoms with Gasteiger partial charge in [0.2, 0.25) is 11.8 Å². The summed E-state index contributed by atoms with van der Waals surface area (Å²) in [5.74, 6) is 0.690. The zero-order valence-electron chi connectivity index (χ0n) is 15.6. The Morgan fingerprint density at radius 2 is 1.69 bits per heavy atom. The van der Waals surface area contributed by atoms with E-state index >= 15 is 0 Å². The van der Waals surface area contributed by atoms with Crippen molar-refractivity contribution in [2.45, 2.75) is 26.7 Å². The fourth-order valence-electron chi connectivity index (χ4n) is 2.63. The van der Waals surface area contributed by atoms with Gasteiger partial charge in [-0.2, -0.15) is 0 Å². The molecule has 1 N–H and O–H groups in total. The largest absolute Gasteiger partial charge is 0.497 e. The van der Waals surface area contributed by atoms with E-state index in [-0.39, 0.29) is 18.2 Å². The highest BCUT2D eigenvalue weighted by atomic mass is 16.5. The van der Waals surface area contributed by atoms with Crippen LogP contribution in [0.15, 0.2) is 48.5 Å². The number of nitrogens with one attached hydrogen (secondary N) is 1. The van der Waals surface area contributed by atoms with Crippen LogP contribution < -0.4 is 15.0 Å². The summed E-state index contributed by atoms with van der Waals surface area (Å²) in [6.45, 7) is 4.45. The molecule has 2 amide bonds. The quantitative estimate of drug-likeness (QED) is 0.792. The molecule has 0 heterocycles. The predicted octanol–water partition coefficient (Wildman–Crippen LogP) is 3.11. The van der Waals surface area contributed by atoms with Crippen LogP contribution >= 0.6 is 0 Å². The van der Waals surface area contributed by atoms with E-state index in [4.69, 9.17) is 4.74 Å². The number of hydrogen-bond donors (Lipinski definition) is 1. The minimum Gasteiger partial charge on any atom is -0.497 e. The van der Waals surface area contributed by atoms with Gasteiger partial charge in [0, 0.05) is 32.1 Å². The van der Waals surface area contributed by atoms with E-state index < -0.39 is 0 Å². The van der Waals surface area contributed by atoms with Crippen LogP contribution in [0.1, 0.15) is 24.5 Å². The van der Waals surface area contributed by atoms with E-state index in [1.807, 2.05) is 55.5 Å². The first kappa shape index (κ1) is 19.5. The predicted molar refractivity (Wildman–Crippen MR) is 104 cm³/mol. The Bertz CT molecular complexity index is 724. The van der Waals surface area contributed by atoms with Crippen LogP contribution in [0.25, 0.3) is 0 Å². The van der Waals surface area contributed by atoms with Crippen molar-refractivity contribution < 1.29 is 14.3 Å². The van der Waals surface area contributed by atoms with Gasteiger partial charge in [0.05, 0.1) is 7.11 Å². The Labute approximate surface area is 155 Å². The topological polar surface area (TPSA) is 58.6 Å². The molecule has 2 aromatic rings. The van der Waals surface area contributed by atoms with Crippen LogP contribution in [-0.4, -0.2) is 32.0 Å². The second-order valence-electron chi connectivity index (χ2n) is 6.20. The molecule has 0 aliphatic heterocycles. The molecule has 138 valence electrons. The molecule has 0 aliphatic rings. The van der Waals surface area contributed by atoms with Gasteiger partial charge in [-0.3, -0.25) is 9.59 Å². The molecule has 0 aliphatic carbocycles. The van der Waals surface area contributed by atoms with Gasteiger partial charge in [0.25, 0.3) is 0 Å². The molecule has 5 heteroatoms. The minimum absolute atomic E-state index is 0.0585. The minimum atomic E-state index is -0.0696. The van der Waals surface area contributed by atoms with Gasteiger partial charge in [-0.15, -0.1) is 0 Å². The summed E-state index contributed by atoms with van der Waals surface area (Å²) in [6, 6.07) is 15.5. The fourth-order valence-corrected chi connectivity index (χ4v) is 2.63. The zero-order valence-corrected chi connectivity index (χ0v) is 15.6. The Balaban J connectivity index is 1.78. The van der Waals surface area contributed by atoms with E-state index in [9.17, 15) is 9.59 Å². The maximum atomic E-state index is 12.1. The van der Waals surface area contributed by atoms with Gasteiger partial charge < -0.3 is 15.0 Å². The molecule has 26 heavy (non-hydrogen) atoms. The summed E-state index contributed by atoms with van der Waals surface area (Å²) in [5, 5.41) is 2.91. The van der Waals surface area contributed by atoms with Crippen molar-refractivity contribution in [2.24, 2.45) is 0 Å². The van der Waals surface area contributed by atoms with E-state index in [1.54, 1.807) is 12.0 Å². The number of rotatable bonds is 8. The van der Waals surface area contributed by atoms with E-state index in [0.717, 1.165) is 29.0 Å². The maximum Gasteiger partial charge on any atom is 0.223 e. The van der Waals surface area contributed by atoms with Crippen molar-refractivity contribution in [1.82, 2.24) is 5.32 Å². The normalized spacial score (nSPS) is 10.3. The van der Waals surface area contributed by atoms with Crippen molar-refractivity contribution in [3.63, 3.8) is 0 Å². The maximum absolute atomic E-state index is 12.1. The smallest absolute Gasteiger partial charge is 0.223 e. The summed E-state index contributed by atoms with van der Waals surface area (Å²) in [4.78, 5) is 25.6. The number of hydrogen-bond acceptors (Lipinski definition) is 3. The molecular weight excluding hydrogens is 328 g/mol. The van der Waals surface area contributed by atoms with Crippen molar-refractivity contribution in [1.29, 1.82) is 0 Å². The van der Waals surface area contributed by atoms with Crippen LogP contribution in [0.5, 0.6) is 5.75 Å². The van der Waals surface area contributed by atoms with E-state index in [1.165, 1.54) is 6.92 Å². The number of methoxy groups -OCH3 is 1. The molecule has 0 spiro atoms. The van der Waals surface area contributed by atoms with Crippen LogP contribution in [-0.2, 0) is 16.0 Å². The summed E-state index contributed by atoms with van der Waals surface area (Å²) < 4.78 is 5.13.